The van der Waals surface area contributed by atoms with Crippen LogP contribution in [-0.4, -0.2) is 36.9 Å². The van der Waals surface area contributed by atoms with E-state index in [1.807, 2.05) is 18.2 Å². The van der Waals surface area contributed by atoms with Gasteiger partial charge in [-0.3, -0.25) is 9.59 Å². The van der Waals surface area contributed by atoms with E-state index in [2.05, 4.69) is 12.2 Å². The first kappa shape index (κ1) is 21.6. The number of ketones is 1. The number of nitrogens with one attached hydrogen (secondary N) is 1. The maximum absolute atomic E-state index is 12.4. The van der Waals surface area contributed by atoms with Gasteiger partial charge in [0.05, 0.1) is 0 Å². The fourth-order valence-electron chi connectivity index (χ4n) is 3.46. The van der Waals surface area contributed by atoms with Crippen LogP contribution in [0.1, 0.15) is 48.5 Å². The van der Waals surface area contributed by atoms with Crippen LogP contribution in [0, 0.1) is 5.92 Å². The highest BCUT2D eigenvalue weighted by Crippen LogP contribution is 2.23. The monoisotopic (exact) mass is 409 g/mol. The molecule has 2 aromatic carbocycles. The third-order valence-electron chi connectivity index (χ3n) is 5.25. The van der Waals surface area contributed by atoms with Gasteiger partial charge in [0, 0.05) is 17.2 Å². The lowest BCUT2D eigenvalue weighted by Gasteiger charge is -2.26. The zero-order valence-corrected chi connectivity index (χ0v) is 17.1. The minimum absolute atomic E-state index is 0.0833. The Labute approximate surface area is 176 Å². The number of amides is 1. The van der Waals surface area contributed by atoms with Crippen molar-refractivity contribution >= 4 is 17.7 Å². The molecule has 3 rings (SSSR count). The highest BCUT2D eigenvalue weighted by Gasteiger charge is 2.20. The van der Waals surface area contributed by atoms with Crippen LogP contribution in [0.25, 0.3) is 0 Å². The summed E-state index contributed by atoms with van der Waals surface area (Å²) in [7, 11) is 0. The molecule has 1 fully saturated rings. The molecular formula is C24H27NO5. The molecule has 0 saturated heterocycles. The van der Waals surface area contributed by atoms with Gasteiger partial charge in [-0.15, -0.1) is 0 Å². The van der Waals surface area contributed by atoms with E-state index in [0.29, 0.717) is 22.8 Å². The Morgan fingerprint density at radius 1 is 0.867 bits per heavy atom. The molecule has 0 aliphatic heterocycles. The first-order valence-electron chi connectivity index (χ1n) is 10.3. The van der Waals surface area contributed by atoms with E-state index in [9.17, 15) is 14.4 Å². The number of carbonyl (C=O) groups is 3. The molecule has 0 unspecified atom stereocenters. The van der Waals surface area contributed by atoms with Crippen molar-refractivity contribution in [2.45, 2.75) is 38.6 Å². The minimum Gasteiger partial charge on any atom is -0.482 e. The van der Waals surface area contributed by atoms with Crippen molar-refractivity contribution in [2.24, 2.45) is 5.92 Å². The first-order valence-corrected chi connectivity index (χ1v) is 10.3. The molecule has 6 heteroatoms. The van der Waals surface area contributed by atoms with Crippen molar-refractivity contribution in [2.75, 3.05) is 13.2 Å². The zero-order chi connectivity index (χ0) is 21.3. The number of esters is 1. The summed E-state index contributed by atoms with van der Waals surface area (Å²) in [5.74, 6) is 0.162. The highest BCUT2D eigenvalue weighted by molar-refractivity contribution is 6.08. The van der Waals surface area contributed by atoms with Crippen LogP contribution in [0.5, 0.6) is 5.75 Å². The maximum atomic E-state index is 12.4. The number of carbonyl (C=O) groups excluding carboxylic acids is 3. The number of hydrogen-bond donors (Lipinski definition) is 1. The van der Waals surface area contributed by atoms with E-state index >= 15 is 0 Å². The molecule has 0 spiro atoms. The summed E-state index contributed by atoms with van der Waals surface area (Å²) >= 11 is 0. The van der Waals surface area contributed by atoms with Crippen molar-refractivity contribution in [3.8, 4) is 5.75 Å². The Morgan fingerprint density at radius 2 is 1.50 bits per heavy atom. The molecule has 6 nitrogen and oxygen atoms in total. The van der Waals surface area contributed by atoms with Crippen molar-refractivity contribution in [3.05, 3.63) is 65.7 Å². The number of ether oxygens (including phenoxy) is 2. The second kappa shape index (κ2) is 10.6. The lowest BCUT2D eigenvalue weighted by molar-refractivity contribution is -0.150. The number of rotatable bonds is 8. The van der Waals surface area contributed by atoms with Gasteiger partial charge < -0.3 is 14.8 Å². The third-order valence-corrected chi connectivity index (χ3v) is 5.25. The Morgan fingerprint density at radius 3 is 2.17 bits per heavy atom. The molecule has 0 aromatic heterocycles. The van der Waals surface area contributed by atoms with Crippen LogP contribution in [0.4, 0.5) is 0 Å². The largest absolute Gasteiger partial charge is 0.482 e. The smallest absolute Gasteiger partial charge is 0.344 e. The van der Waals surface area contributed by atoms with Crippen LogP contribution in [0.15, 0.2) is 54.6 Å². The van der Waals surface area contributed by atoms with Crippen LogP contribution >= 0.6 is 0 Å². The van der Waals surface area contributed by atoms with Gasteiger partial charge in [-0.1, -0.05) is 37.3 Å². The molecule has 1 saturated carbocycles. The van der Waals surface area contributed by atoms with Gasteiger partial charge in [0.25, 0.3) is 5.91 Å². The molecule has 2 aromatic rings. The van der Waals surface area contributed by atoms with Crippen LogP contribution in [0.3, 0.4) is 0 Å². The summed E-state index contributed by atoms with van der Waals surface area (Å²) in [4.78, 5) is 36.1. The minimum atomic E-state index is -0.619. The highest BCUT2D eigenvalue weighted by atomic mass is 16.6. The van der Waals surface area contributed by atoms with Gasteiger partial charge in [-0.2, -0.15) is 0 Å². The van der Waals surface area contributed by atoms with Gasteiger partial charge in [0.15, 0.2) is 19.0 Å². The standard InChI is InChI=1S/C24H27NO5/c1-17-7-11-20(12-8-17)25-22(26)15-30-23(27)16-29-21-13-9-19(10-14-21)24(28)18-5-3-2-4-6-18/h2-6,9-10,13-14,17,20H,7-8,11-12,15-16H2,1H3,(H,25,26). The topological polar surface area (TPSA) is 81.7 Å². The van der Waals surface area contributed by atoms with Crippen LogP contribution in [0.2, 0.25) is 0 Å². The third kappa shape index (κ3) is 6.44. The Bertz CT molecular complexity index is 855. The van der Waals surface area contributed by atoms with Gasteiger partial charge in [-0.25, -0.2) is 4.79 Å². The van der Waals surface area contributed by atoms with Crippen LogP contribution in [-0.2, 0) is 14.3 Å². The summed E-state index contributed by atoms with van der Waals surface area (Å²) in [6.45, 7) is 1.60. The average molecular weight is 409 g/mol. The van der Waals surface area contributed by atoms with E-state index in [4.69, 9.17) is 9.47 Å². The average Bonchev–Trinajstić information content (AvgIpc) is 2.78. The van der Waals surface area contributed by atoms with Gasteiger partial charge in [0.1, 0.15) is 5.75 Å². The lowest BCUT2D eigenvalue weighted by Crippen LogP contribution is -2.39. The molecule has 0 heterocycles. The molecule has 1 aliphatic rings. The number of hydrogen-bond acceptors (Lipinski definition) is 5. The second-order valence-electron chi connectivity index (χ2n) is 7.69. The molecule has 30 heavy (non-hydrogen) atoms. The van der Waals surface area contributed by atoms with Gasteiger partial charge >= 0.3 is 5.97 Å². The summed E-state index contributed by atoms with van der Waals surface area (Å²) < 4.78 is 10.4. The Hall–Kier alpha value is -3.15. The molecule has 158 valence electrons. The van der Waals surface area contributed by atoms with Gasteiger partial charge in [-0.05, 0) is 55.9 Å². The van der Waals surface area contributed by atoms with E-state index in [1.54, 1.807) is 36.4 Å². The molecule has 0 radical (unpaired) electrons. The molecular weight excluding hydrogens is 382 g/mol. The predicted octanol–water partition coefficient (Wildman–Crippen LogP) is 3.53. The molecule has 0 bridgehead atoms. The van der Waals surface area contributed by atoms with E-state index < -0.39 is 5.97 Å². The van der Waals surface area contributed by atoms with E-state index in [1.165, 1.54) is 0 Å². The van der Waals surface area contributed by atoms with E-state index in [0.717, 1.165) is 25.7 Å². The molecule has 1 N–H and O–H groups in total. The lowest BCUT2D eigenvalue weighted by atomic mass is 9.87. The van der Waals surface area contributed by atoms with Crippen molar-refractivity contribution < 1.29 is 23.9 Å². The summed E-state index contributed by atoms with van der Waals surface area (Å²) in [5.41, 5.74) is 1.14. The summed E-state index contributed by atoms with van der Waals surface area (Å²) in [6, 6.07) is 15.7. The fourth-order valence-corrected chi connectivity index (χ4v) is 3.46. The first-order chi connectivity index (χ1) is 14.5. The summed E-state index contributed by atoms with van der Waals surface area (Å²) in [5, 5.41) is 2.91. The Kier molecular flexibility index (Phi) is 7.60. The molecule has 1 amide bonds. The number of benzene rings is 2. The zero-order valence-electron chi connectivity index (χ0n) is 17.1. The SMILES string of the molecule is CC1CCC(NC(=O)COC(=O)COc2ccc(C(=O)c3ccccc3)cc2)CC1. The molecule has 0 atom stereocenters. The van der Waals surface area contributed by atoms with Crippen LogP contribution < -0.4 is 10.1 Å². The molecule has 1 aliphatic carbocycles. The van der Waals surface area contributed by atoms with Crippen molar-refractivity contribution in [1.29, 1.82) is 0 Å². The van der Waals surface area contributed by atoms with Crippen molar-refractivity contribution in [3.63, 3.8) is 0 Å². The second-order valence-corrected chi connectivity index (χ2v) is 7.69. The predicted molar refractivity (Wildman–Crippen MR) is 112 cm³/mol. The Balaban J connectivity index is 1.38. The van der Waals surface area contributed by atoms with E-state index in [-0.39, 0.29) is 30.9 Å². The summed E-state index contributed by atoms with van der Waals surface area (Å²) in [6.07, 6.45) is 4.14. The quantitative estimate of drug-likeness (QED) is 0.533. The van der Waals surface area contributed by atoms with Gasteiger partial charge in [0.2, 0.25) is 0 Å². The fraction of sp³-hybridized carbons (Fsp3) is 0.375. The normalized spacial score (nSPS) is 18.3. The van der Waals surface area contributed by atoms with Crippen molar-refractivity contribution in [1.82, 2.24) is 5.32 Å². The maximum Gasteiger partial charge on any atom is 0.344 e.